The summed E-state index contributed by atoms with van der Waals surface area (Å²) in [6, 6.07) is 17.9. The van der Waals surface area contributed by atoms with E-state index in [-0.39, 0.29) is 18.6 Å². The Morgan fingerprint density at radius 1 is 0.917 bits per heavy atom. The van der Waals surface area contributed by atoms with E-state index in [9.17, 15) is 4.79 Å². The molecular formula is C21H27NO2. The second-order valence-corrected chi connectivity index (χ2v) is 6.71. The molecule has 0 saturated carbocycles. The molecule has 1 N–H and O–H groups in total. The van der Waals surface area contributed by atoms with Crippen LogP contribution in [0.2, 0.25) is 0 Å². The van der Waals surface area contributed by atoms with Crippen LogP contribution in [0.1, 0.15) is 50.8 Å². The first-order chi connectivity index (χ1) is 11.5. The highest BCUT2D eigenvalue weighted by molar-refractivity contribution is 5.78. The molecule has 3 heteroatoms. The molecule has 0 heterocycles. The third-order valence-electron chi connectivity index (χ3n) is 4.06. The molecule has 1 amide bonds. The highest BCUT2D eigenvalue weighted by atomic mass is 16.5. The molecule has 0 fully saturated rings. The highest BCUT2D eigenvalue weighted by Gasteiger charge is 2.18. The number of carbonyl (C=O) groups is 1. The normalized spacial score (nSPS) is 12.2. The molecule has 2 aromatic rings. The molecule has 0 aliphatic carbocycles. The first-order valence-electron chi connectivity index (χ1n) is 8.54. The monoisotopic (exact) mass is 325 g/mol. The number of rotatable bonds is 7. The molecule has 0 aliphatic heterocycles. The van der Waals surface area contributed by atoms with Crippen molar-refractivity contribution in [2.75, 3.05) is 6.61 Å². The van der Waals surface area contributed by atoms with Crippen LogP contribution in [0.5, 0.6) is 5.75 Å². The third kappa shape index (κ3) is 5.12. The van der Waals surface area contributed by atoms with Gasteiger partial charge in [0.15, 0.2) is 6.61 Å². The summed E-state index contributed by atoms with van der Waals surface area (Å²) < 4.78 is 5.52. The standard InChI is InChI=1S/C21H27NO2/c1-15(2)17-10-12-18(13-11-17)21(16(3)4)22-20(23)14-24-19-8-6-5-7-9-19/h5-13,15-16,21H,14H2,1-4H3,(H,22,23)/t21-/m0/s1. The van der Waals surface area contributed by atoms with Gasteiger partial charge in [0.05, 0.1) is 6.04 Å². The van der Waals surface area contributed by atoms with Crippen molar-refractivity contribution in [2.24, 2.45) is 5.92 Å². The average Bonchev–Trinajstić information content (AvgIpc) is 2.58. The predicted molar refractivity (Wildman–Crippen MR) is 98.2 cm³/mol. The average molecular weight is 325 g/mol. The number of nitrogens with one attached hydrogen (secondary N) is 1. The van der Waals surface area contributed by atoms with Crippen LogP contribution in [0.4, 0.5) is 0 Å². The Kier molecular flexibility index (Phi) is 6.42. The molecule has 128 valence electrons. The molecule has 0 unspecified atom stereocenters. The molecule has 0 saturated heterocycles. The fraction of sp³-hybridized carbons (Fsp3) is 0.381. The molecule has 24 heavy (non-hydrogen) atoms. The van der Waals surface area contributed by atoms with Crippen LogP contribution >= 0.6 is 0 Å². The molecule has 1 atom stereocenters. The summed E-state index contributed by atoms with van der Waals surface area (Å²) in [5.41, 5.74) is 2.43. The maximum atomic E-state index is 12.2. The van der Waals surface area contributed by atoms with E-state index in [1.807, 2.05) is 30.3 Å². The lowest BCUT2D eigenvalue weighted by Gasteiger charge is -2.23. The van der Waals surface area contributed by atoms with Crippen molar-refractivity contribution >= 4 is 5.91 Å². The topological polar surface area (TPSA) is 38.3 Å². The summed E-state index contributed by atoms with van der Waals surface area (Å²) in [7, 11) is 0. The van der Waals surface area contributed by atoms with Crippen LogP contribution in [-0.4, -0.2) is 12.5 Å². The van der Waals surface area contributed by atoms with Gasteiger partial charge < -0.3 is 10.1 Å². The molecule has 0 aromatic heterocycles. The number of hydrogen-bond acceptors (Lipinski definition) is 2. The predicted octanol–water partition coefficient (Wildman–Crippen LogP) is 4.70. The fourth-order valence-electron chi connectivity index (χ4n) is 2.60. The van der Waals surface area contributed by atoms with Gasteiger partial charge >= 0.3 is 0 Å². The van der Waals surface area contributed by atoms with E-state index in [0.717, 1.165) is 5.56 Å². The minimum atomic E-state index is -0.106. The zero-order chi connectivity index (χ0) is 17.5. The molecule has 2 rings (SSSR count). The molecule has 0 aliphatic rings. The maximum absolute atomic E-state index is 12.2. The van der Waals surface area contributed by atoms with Gasteiger partial charge in [0.25, 0.3) is 5.91 Å². The Hall–Kier alpha value is -2.29. The van der Waals surface area contributed by atoms with Crippen LogP contribution in [0.15, 0.2) is 54.6 Å². The summed E-state index contributed by atoms with van der Waals surface area (Å²) in [6.07, 6.45) is 0. The molecule has 0 bridgehead atoms. The van der Waals surface area contributed by atoms with Gasteiger partial charge in [0.1, 0.15) is 5.75 Å². The molecule has 3 nitrogen and oxygen atoms in total. The Morgan fingerprint density at radius 3 is 2.04 bits per heavy atom. The smallest absolute Gasteiger partial charge is 0.258 e. The van der Waals surface area contributed by atoms with Gasteiger partial charge in [0, 0.05) is 0 Å². The van der Waals surface area contributed by atoms with Gasteiger partial charge in [-0.2, -0.15) is 0 Å². The molecule has 0 spiro atoms. The SMILES string of the molecule is CC(C)c1ccc([C@@H](NC(=O)COc2ccccc2)C(C)C)cc1. The Bertz CT molecular complexity index is 633. The number of ether oxygens (including phenoxy) is 1. The molecular weight excluding hydrogens is 298 g/mol. The van der Waals surface area contributed by atoms with Gasteiger partial charge in [-0.3, -0.25) is 4.79 Å². The lowest BCUT2D eigenvalue weighted by molar-refractivity contribution is -0.124. The zero-order valence-corrected chi connectivity index (χ0v) is 15.0. The zero-order valence-electron chi connectivity index (χ0n) is 15.0. The lowest BCUT2D eigenvalue weighted by atomic mass is 9.93. The van der Waals surface area contributed by atoms with Crippen LogP contribution in [0, 0.1) is 5.92 Å². The Labute approximate surface area is 145 Å². The Morgan fingerprint density at radius 2 is 1.50 bits per heavy atom. The van der Waals surface area contributed by atoms with Crippen LogP contribution < -0.4 is 10.1 Å². The van der Waals surface area contributed by atoms with Crippen molar-refractivity contribution in [3.8, 4) is 5.75 Å². The first-order valence-corrected chi connectivity index (χ1v) is 8.54. The number of amides is 1. The first kappa shape index (κ1) is 18.1. The lowest BCUT2D eigenvalue weighted by Crippen LogP contribution is -2.35. The summed E-state index contributed by atoms with van der Waals surface area (Å²) in [5, 5.41) is 3.09. The van der Waals surface area contributed by atoms with E-state index in [1.165, 1.54) is 5.56 Å². The number of para-hydroxylation sites is 1. The number of hydrogen-bond donors (Lipinski definition) is 1. The van der Waals surface area contributed by atoms with Crippen molar-refractivity contribution in [1.29, 1.82) is 0 Å². The van der Waals surface area contributed by atoms with Gasteiger partial charge in [-0.05, 0) is 35.1 Å². The largest absolute Gasteiger partial charge is 0.484 e. The second-order valence-electron chi connectivity index (χ2n) is 6.71. The van der Waals surface area contributed by atoms with E-state index in [1.54, 1.807) is 0 Å². The van der Waals surface area contributed by atoms with Crippen molar-refractivity contribution in [2.45, 2.75) is 39.7 Å². The maximum Gasteiger partial charge on any atom is 0.258 e. The van der Waals surface area contributed by atoms with Gasteiger partial charge in [-0.15, -0.1) is 0 Å². The van der Waals surface area contributed by atoms with E-state index >= 15 is 0 Å². The van der Waals surface area contributed by atoms with Crippen molar-refractivity contribution in [3.63, 3.8) is 0 Å². The summed E-state index contributed by atoms with van der Waals surface area (Å²) in [4.78, 5) is 12.2. The quantitative estimate of drug-likeness (QED) is 0.801. The van der Waals surface area contributed by atoms with Crippen molar-refractivity contribution < 1.29 is 9.53 Å². The fourth-order valence-corrected chi connectivity index (χ4v) is 2.60. The van der Waals surface area contributed by atoms with Gasteiger partial charge in [-0.1, -0.05) is 70.2 Å². The van der Waals surface area contributed by atoms with Crippen molar-refractivity contribution in [1.82, 2.24) is 5.32 Å². The Balaban J connectivity index is 1.98. The van der Waals surface area contributed by atoms with Crippen LogP contribution in [-0.2, 0) is 4.79 Å². The van der Waals surface area contributed by atoms with E-state index in [0.29, 0.717) is 17.6 Å². The third-order valence-corrected chi connectivity index (χ3v) is 4.06. The highest BCUT2D eigenvalue weighted by Crippen LogP contribution is 2.24. The minimum Gasteiger partial charge on any atom is -0.484 e. The van der Waals surface area contributed by atoms with E-state index in [2.05, 4.69) is 57.3 Å². The summed E-state index contributed by atoms with van der Waals surface area (Å²) in [6.45, 7) is 8.60. The summed E-state index contributed by atoms with van der Waals surface area (Å²) >= 11 is 0. The van der Waals surface area contributed by atoms with E-state index in [4.69, 9.17) is 4.74 Å². The van der Waals surface area contributed by atoms with Gasteiger partial charge in [-0.25, -0.2) is 0 Å². The van der Waals surface area contributed by atoms with Crippen molar-refractivity contribution in [3.05, 3.63) is 65.7 Å². The van der Waals surface area contributed by atoms with Crippen LogP contribution in [0.25, 0.3) is 0 Å². The summed E-state index contributed by atoms with van der Waals surface area (Å²) in [5.74, 6) is 1.40. The minimum absolute atomic E-state index is 0.0157. The molecule has 0 radical (unpaired) electrons. The second kappa shape index (κ2) is 8.53. The van der Waals surface area contributed by atoms with E-state index < -0.39 is 0 Å². The van der Waals surface area contributed by atoms with Gasteiger partial charge in [0.2, 0.25) is 0 Å². The van der Waals surface area contributed by atoms with Crippen LogP contribution in [0.3, 0.4) is 0 Å². The number of benzene rings is 2. The molecule has 2 aromatic carbocycles. The number of carbonyl (C=O) groups excluding carboxylic acids is 1.